The highest BCUT2D eigenvalue weighted by molar-refractivity contribution is 6.04. The lowest BCUT2D eigenvalue weighted by molar-refractivity contribution is -0.385. The van der Waals surface area contributed by atoms with E-state index in [2.05, 4.69) is 5.32 Å². The molecule has 0 spiro atoms. The quantitative estimate of drug-likeness (QED) is 0.153. The molecule has 3 aromatic rings. The van der Waals surface area contributed by atoms with Crippen LogP contribution in [0.25, 0.3) is 18.2 Å². The molecule has 10 heteroatoms. The molecular weight excluding hydrogens is 492 g/mol. The molecule has 10 nitrogen and oxygen atoms in total. The van der Waals surface area contributed by atoms with Crippen molar-refractivity contribution < 1.29 is 33.4 Å². The van der Waals surface area contributed by atoms with Gasteiger partial charge in [-0.25, -0.2) is 0 Å². The predicted molar refractivity (Wildman–Crippen MR) is 145 cm³/mol. The Balaban J connectivity index is 1.88. The van der Waals surface area contributed by atoms with Crippen LogP contribution in [0.4, 0.5) is 11.4 Å². The molecule has 0 aliphatic rings. The van der Waals surface area contributed by atoms with E-state index in [1.165, 1.54) is 59.8 Å². The molecule has 0 radical (unpaired) electrons. The Morgan fingerprint density at radius 3 is 2.00 bits per heavy atom. The number of rotatable bonds is 11. The van der Waals surface area contributed by atoms with E-state index in [0.29, 0.717) is 39.8 Å². The lowest BCUT2D eigenvalue weighted by Crippen LogP contribution is -2.10. The summed E-state index contributed by atoms with van der Waals surface area (Å²) in [6.45, 7) is 0. The average molecular weight is 521 g/mol. The van der Waals surface area contributed by atoms with Gasteiger partial charge in [0.2, 0.25) is 11.7 Å². The molecule has 198 valence electrons. The molecule has 3 rings (SSSR count). The molecule has 38 heavy (non-hydrogen) atoms. The summed E-state index contributed by atoms with van der Waals surface area (Å²) >= 11 is 0. The van der Waals surface area contributed by atoms with Crippen LogP contribution in [0.5, 0.6) is 28.7 Å². The summed E-state index contributed by atoms with van der Waals surface area (Å²) < 4.78 is 26.7. The van der Waals surface area contributed by atoms with Crippen molar-refractivity contribution in [1.29, 1.82) is 0 Å². The fraction of sp³-hybridized carbons (Fsp3) is 0.179. The molecule has 0 aliphatic carbocycles. The summed E-state index contributed by atoms with van der Waals surface area (Å²) in [5.74, 6) is 1.64. The van der Waals surface area contributed by atoms with Gasteiger partial charge in [-0.1, -0.05) is 30.4 Å². The van der Waals surface area contributed by atoms with Gasteiger partial charge in [-0.15, -0.1) is 0 Å². The van der Waals surface area contributed by atoms with Crippen molar-refractivity contribution in [1.82, 2.24) is 0 Å². The highest BCUT2D eigenvalue weighted by Crippen LogP contribution is 2.39. The largest absolute Gasteiger partial charge is 0.495 e. The van der Waals surface area contributed by atoms with Crippen LogP contribution in [0.2, 0.25) is 0 Å². The molecule has 0 unspecified atom stereocenters. The fourth-order valence-electron chi connectivity index (χ4n) is 3.66. The molecule has 0 atom stereocenters. The maximum Gasteiger partial charge on any atom is 0.311 e. The van der Waals surface area contributed by atoms with Crippen LogP contribution in [-0.2, 0) is 4.79 Å². The highest BCUT2D eigenvalue weighted by Gasteiger charge is 2.15. The van der Waals surface area contributed by atoms with Crippen molar-refractivity contribution in [3.8, 4) is 28.7 Å². The van der Waals surface area contributed by atoms with Crippen LogP contribution in [0, 0.1) is 10.1 Å². The van der Waals surface area contributed by atoms with E-state index in [-0.39, 0.29) is 11.4 Å². The molecule has 3 aromatic carbocycles. The molecule has 0 fully saturated rings. The normalized spacial score (nSPS) is 10.9. The van der Waals surface area contributed by atoms with Gasteiger partial charge in [0.1, 0.15) is 5.75 Å². The Morgan fingerprint density at radius 1 is 0.763 bits per heavy atom. The van der Waals surface area contributed by atoms with E-state index in [1.807, 2.05) is 18.2 Å². The predicted octanol–water partition coefficient (Wildman–Crippen LogP) is 5.46. The molecule has 1 N–H and O–H groups in total. The second-order valence-corrected chi connectivity index (χ2v) is 7.73. The monoisotopic (exact) mass is 520 g/mol. The van der Waals surface area contributed by atoms with Crippen molar-refractivity contribution in [3.05, 3.63) is 81.4 Å². The average Bonchev–Trinajstić information content (AvgIpc) is 2.94. The maximum absolute atomic E-state index is 12.8. The number of methoxy groups -OCH3 is 5. The summed E-state index contributed by atoms with van der Waals surface area (Å²) in [4.78, 5) is 23.5. The SMILES string of the molecule is COc1ccc(/C=C/C(=O)Nc2c(/C=C/c3cc(OC)c(OC)c(OC)c3)cccc2OC)cc1[N+](=O)[O-]. The van der Waals surface area contributed by atoms with Crippen LogP contribution in [-0.4, -0.2) is 46.4 Å². The summed E-state index contributed by atoms with van der Waals surface area (Å²) in [7, 11) is 7.47. The van der Waals surface area contributed by atoms with E-state index >= 15 is 0 Å². The Morgan fingerprint density at radius 2 is 1.42 bits per heavy atom. The number of para-hydroxylation sites is 1. The van der Waals surface area contributed by atoms with E-state index in [9.17, 15) is 14.9 Å². The van der Waals surface area contributed by atoms with Crippen molar-refractivity contribution in [2.75, 3.05) is 40.9 Å². The molecule has 0 saturated heterocycles. The first-order chi connectivity index (χ1) is 18.3. The number of hydrogen-bond acceptors (Lipinski definition) is 8. The first kappa shape index (κ1) is 27.6. The van der Waals surface area contributed by atoms with Crippen LogP contribution >= 0.6 is 0 Å². The zero-order valence-electron chi connectivity index (χ0n) is 21.6. The number of amides is 1. The number of carbonyl (C=O) groups excluding carboxylic acids is 1. The number of nitro groups is 1. The number of carbonyl (C=O) groups is 1. The van der Waals surface area contributed by atoms with Gasteiger partial charge < -0.3 is 29.0 Å². The second kappa shape index (κ2) is 12.8. The van der Waals surface area contributed by atoms with Crippen LogP contribution in [0.1, 0.15) is 16.7 Å². The molecule has 0 bridgehead atoms. The fourth-order valence-corrected chi connectivity index (χ4v) is 3.66. The van der Waals surface area contributed by atoms with Crippen molar-refractivity contribution in [3.63, 3.8) is 0 Å². The summed E-state index contributed by atoms with van der Waals surface area (Å²) in [6.07, 6.45) is 6.41. The van der Waals surface area contributed by atoms with E-state index < -0.39 is 10.8 Å². The van der Waals surface area contributed by atoms with Crippen molar-refractivity contribution in [2.24, 2.45) is 0 Å². The number of anilines is 1. The molecular formula is C28H28N2O8. The maximum atomic E-state index is 12.8. The van der Waals surface area contributed by atoms with Gasteiger partial charge >= 0.3 is 5.69 Å². The van der Waals surface area contributed by atoms with Crippen LogP contribution < -0.4 is 29.0 Å². The number of nitro benzene ring substituents is 1. The van der Waals surface area contributed by atoms with Crippen LogP contribution in [0.15, 0.2) is 54.6 Å². The van der Waals surface area contributed by atoms with E-state index in [1.54, 1.807) is 30.3 Å². The topological polar surface area (TPSA) is 118 Å². The Kier molecular flexibility index (Phi) is 9.31. The van der Waals surface area contributed by atoms with Crippen LogP contribution in [0.3, 0.4) is 0 Å². The van der Waals surface area contributed by atoms with Gasteiger partial charge in [0.05, 0.1) is 46.2 Å². The second-order valence-electron chi connectivity index (χ2n) is 7.73. The lowest BCUT2D eigenvalue weighted by Gasteiger charge is -2.13. The van der Waals surface area contributed by atoms with E-state index in [4.69, 9.17) is 23.7 Å². The number of benzene rings is 3. The number of ether oxygens (including phenoxy) is 5. The molecule has 0 heterocycles. The third-order valence-corrected chi connectivity index (χ3v) is 5.50. The minimum atomic E-state index is -0.544. The standard InChI is InChI=1S/C28H28N2O8/c1-34-22-13-10-18(15-21(22)30(32)33)11-14-26(31)29-27-20(7-6-8-23(27)35-2)12-9-19-16-24(36-3)28(38-5)25(17-19)37-4/h6-17H,1-5H3,(H,29,31)/b12-9+,14-11+. The Labute approximate surface area is 220 Å². The van der Waals surface area contributed by atoms with Crippen molar-refractivity contribution >= 4 is 35.5 Å². The molecule has 0 saturated carbocycles. The van der Waals surface area contributed by atoms with Gasteiger partial charge in [0.25, 0.3) is 0 Å². The summed E-state index contributed by atoms with van der Waals surface area (Å²) in [5.41, 5.74) is 2.18. The number of nitrogens with zero attached hydrogens (tertiary/aromatic N) is 1. The minimum Gasteiger partial charge on any atom is -0.495 e. The third-order valence-electron chi connectivity index (χ3n) is 5.50. The molecule has 1 amide bonds. The van der Waals surface area contributed by atoms with Gasteiger partial charge in [-0.2, -0.15) is 0 Å². The highest BCUT2D eigenvalue weighted by atomic mass is 16.6. The summed E-state index contributed by atoms with van der Waals surface area (Å²) in [5, 5.41) is 14.1. The van der Waals surface area contributed by atoms with Crippen molar-refractivity contribution in [2.45, 2.75) is 0 Å². The third kappa shape index (κ3) is 6.41. The van der Waals surface area contributed by atoms with E-state index in [0.717, 1.165) is 5.56 Å². The van der Waals surface area contributed by atoms with Gasteiger partial charge in [0, 0.05) is 17.7 Å². The minimum absolute atomic E-state index is 0.133. The Hall–Kier alpha value is -4.99. The summed E-state index contributed by atoms with van der Waals surface area (Å²) in [6, 6.07) is 13.4. The molecule has 0 aliphatic heterocycles. The smallest absolute Gasteiger partial charge is 0.311 e. The van der Waals surface area contributed by atoms with Gasteiger partial charge in [-0.3, -0.25) is 14.9 Å². The zero-order chi connectivity index (χ0) is 27.7. The zero-order valence-corrected chi connectivity index (χ0v) is 21.6. The Bertz CT molecular complexity index is 1360. The molecule has 0 aromatic heterocycles. The first-order valence-electron chi connectivity index (χ1n) is 11.3. The first-order valence-corrected chi connectivity index (χ1v) is 11.3. The number of nitrogens with one attached hydrogen (secondary N) is 1. The number of hydrogen-bond donors (Lipinski definition) is 1. The van der Waals surface area contributed by atoms with Gasteiger partial charge in [0.15, 0.2) is 17.2 Å². The van der Waals surface area contributed by atoms with Gasteiger partial charge in [-0.05, 0) is 41.5 Å². The lowest BCUT2D eigenvalue weighted by atomic mass is 10.1.